The number of carbonyl (C=O) groups excluding carboxylic acids is 1. The molecule has 0 heterocycles. The van der Waals surface area contributed by atoms with Crippen molar-refractivity contribution in [3.63, 3.8) is 0 Å². The lowest BCUT2D eigenvalue weighted by atomic mass is 10.1. The summed E-state index contributed by atoms with van der Waals surface area (Å²) in [5.41, 5.74) is 1.09. The second kappa shape index (κ2) is 13.2. The predicted octanol–water partition coefficient (Wildman–Crippen LogP) is 5.28. The van der Waals surface area contributed by atoms with Gasteiger partial charge < -0.3 is 19.6 Å². The Morgan fingerprint density at radius 1 is 0.895 bits per heavy atom. The zero-order valence-corrected chi connectivity index (χ0v) is 23.5. The van der Waals surface area contributed by atoms with Crippen LogP contribution in [0, 0.1) is 0 Å². The molecular weight excluding hydrogens is 494 g/mol. The van der Waals surface area contributed by atoms with Crippen LogP contribution in [0.1, 0.15) is 39.7 Å². The van der Waals surface area contributed by atoms with E-state index in [1.165, 1.54) is 6.92 Å². The monoisotopic (exact) mass is 531 g/mol. The smallest absolute Gasteiger partial charge is 0.407 e. The third-order valence-electron chi connectivity index (χ3n) is 6.50. The van der Waals surface area contributed by atoms with Crippen LogP contribution in [0.2, 0.25) is 5.04 Å². The molecule has 0 saturated heterocycles. The summed E-state index contributed by atoms with van der Waals surface area (Å²) in [6, 6.07) is 29.4. The Hall–Kier alpha value is -3.68. The van der Waals surface area contributed by atoms with Gasteiger partial charge in [0.15, 0.2) is 0 Å². The number of hydrogen-bond acceptors (Lipinski definition) is 4. The third-order valence-corrected chi connectivity index (χ3v) is 11.5. The summed E-state index contributed by atoms with van der Waals surface area (Å²) in [6.45, 7) is 8.42. The standard InChI is InChI=1S/C31H37NO5Si/c1-24(29(33)34)20-21-26(32-30(35)36-22-25-14-8-5-9-15-25)23-37-38(31(2,3)4,27-16-10-6-11-17-27)28-18-12-7-13-19-28/h5-20,26H,21-23H2,1-4H3,(H,32,35)(H,33,34)/t26-/m0/s1. The van der Waals surface area contributed by atoms with Crippen LogP contribution in [0.25, 0.3) is 0 Å². The minimum atomic E-state index is -2.84. The Balaban J connectivity index is 1.89. The van der Waals surface area contributed by atoms with Gasteiger partial charge in [-0.05, 0) is 34.3 Å². The molecule has 7 heteroatoms. The van der Waals surface area contributed by atoms with Gasteiger partial charge in [-0.2, -0.15) is 0 Å². The van der Waals surface area contributed by atoms with Crippen molar-refractivity contribution in [1.82, 2.24) is 5.32 Å². The Kier molecular flexibility index (Phi) is 10.0. The lowest BCUT2D eigenvalue weighted by Gasteiger charge is -2.43. The van der Waals surface area contributed by atoms with Gasteiger partial charge in [-0.25, -0.2) is 9.59 Å². The molecule has 6 nitrogen and oxygen atoms in total. The Morgan fingerprint density at radius 2 is 1.39 bits per heavy atom. The topological polar surface area (TPSA) is 84.9 Å². The molecule has 0 aliphatic carbocycles. The van der Waals surface area contributed by atoms with Crippen LogP contribution in [-0.2, 0) is 20.6 Å². The quantitative estimate of drug-likeness (QED) is 0.260. The number of carbonyl (C=O) groups is 2. The highest BCUT2D eigenvalue weighted by molar-refractivity contribution is 6.99. The van der Waals surface area contributed by atoms with Gasteiger partial charge >= 0.3 is 12.1 Å². The zero-order valence-electron chi connectivity index (χ0n) is 22.5. The number of amides is 1. The molecule has 0 saturated carbocycles. The number of nitrogens with one attached hydrogen (secondary N) is 1. The number of aliphatic carboxylic acids is 1. The number of carboxylic acid groups (broad SMARTS) is 1. The van der Waals surface area contributed by atoms with Crippen molar-refractivity contribution >= 4 is 30.8 Å². The molecule has 0 bridgehead atoms. The maximum absolute atomic E-state index is 12.8. The average molecular weight is 532 g/mol. The first-order chi connectivity index (χ1) is 18.1. The highest BCUT2D eigenvalue weighted by Gasteiger charge is 2.50. The van der Waals surface area contributed by atoms with Crippen LogP contribution in [0.15, 0.2) is 103 Å². The van der Waals surface area contributed by atoms with E-state index in [0.717, 1.165) is 15.9 Å². The highest BCUT2D eigenvalue weighted by atomic mass is 28.4. The molecule has 0 spiro atoms. The third kappa shape index (κ3) is 7.43. The van der Waals surface area contributed by atoms with Crippen LogP contribution in [0.5, 0.6) is 0 Å². The van der Waals surface area contributed by atoms with Crippen LogP contribution >= 0.6 is 0 Å². The van der Waals surface area contributed by atoms with E-state index in [4.69, 9.17) is 9.16 Å². The molecule has 38 heavy (non-hydrogen) atoms. The molecule has 200 valence electrons. The fourth-order valence-electron chi connectivity index (χ4n) is 4.49. The minimum Gasteiger partial charge on any atom is -0.478 e. The Labute approximate surface area is 226 Å². The van der Waals surface area contributed by atoms with Crippen molar-refractivity contribution in [2.75, 3.05) is 6.61 Å². The average Bonchev–Trinajstić information content (AvgIpc) is 2.91. The summed E-state index contributed by atoms with van der Waals surface area (Å²) >= 11 is 0. The van der Waals surface area contributed by atoms with E-state index in [1.807, 2.05) is 66.7 Å². The first kappa shape index (κ1) is 28.9. The van der Waals surface area contributed by atoms with Gasteiger partial charge in [0.05, 0.1) is 12.6 Å². The first-order valence-electron chi connectivity index (χ1n) is 12.8. The van der Waals surface area contributed by atoms with E-state index in [2.05, 4.69) is 50.4 Å². The van der Waals surface area contributed by atoms with E-state index in [9.17, 15) is 14.7 Å². The van der Waals surface area contributed by atoms with Gasteiger partial charge in [0, 0.05) is 5.57 Å². The largest absolute Gasteiger partial charge is 0.478 e. The van der Waals surface area contributed by atoms with Gasteiger partial charge in [0.2, 0.25) is 0 Å². The van der Waals surface area contributed by atoms with Crippen molar-refractivity contribution < 1.29 is 23.9 Å². The molecule has 0 radical (unpaired) electrons. The summed E-state index contributed by atoms with van der Waals surface area (Å²) in [5, 5.41) is 14.3. The molecule has 1 atom stereocenters. The van der Waals surface area contributed by atoms with E-state index in [1.54, 1.807) is 6.08 Å². The van der Waals surface area contributed by atoms with E-state index in [-0.39, 0.29) is 30.2 Å². The summed E-state index contributed by atoms with van der Waals surface area (Å²) in [5.74, 6) is -0.997. The van der Waals surface area contributed by atoms with Crippen LogP contribution < -0.4 is 15.7 Å². The van der Waals surface area contributed by atoms with Crippen LogP contribution in [0.4, 0.5) is 4.79 Å². The molecular formula is C31H37NO5Si. The molecule has 3 rings (SSSR count). The van der Waals surface area contributed by atoms with Crippen molar-refractivity contribution in [3.8, 4) is 0 Å². The zero-order chi connectivity index (χ0) is 27.6. The fraction of sp³-hybridized carbons (Fsp3) is 0.290. The summed E-state index contributed by atoms with van der Waals surface area (Å²) in [7, 11) is -2.84. The van der Waals surface area contributed by atoms with E-state index >= 15 is 0 Å². The molecule has 0 fully saturated rings. The molecule has 3 aromatic carbocycles. The molecule has 0 aliphatic heterocycles. The van der Waals surface area contributed by atoms with Crippen molar-refractivity contribution in [1.29, 1.82) is 0 Å². The van der Waals surface area contributed by atoms with Gasteiger partial charge in [-0.3, -0.25) is 0 Å². The summed E-state index contributed by atoms with van der Waals surface area (Å²) in [6.07, 6.45) is 1.32. The predicted molar refractivity (Wildman–Crippen MR) is 153 cm³/mol. The summed E-state index contributed by atoms with van der Waals surface area (Å²) in [4.78, 5) is 24.2. The number of ether oxygens (including phenoxy) is 1. The van der Waals surface area contributed by atoms with Crippen LogP contribution in [-0.4, -0.2) is 38.1 Å². The Morgan fingerprint density at radius 3 is 1.87 bits per heavy atom. The second-order valence-electron chi connectivity index (χ2n) is 10.3. The second-order valence-corrected chi connectivity index (χ2v) is 14.6. The number of benzene rings is 3. The van der Waals surface area contributed by atoms with Gasteiger partial charge in [-0.15, -0.1) is 0 Å². The highest BCUT2D eigenvalue weighted by Crippen LogP contribution is 2.36. The SMILES string of the molecule is CC(=CC[C@@H](CO[Si](c1ccccc1)(c1ccccc1)C(C)(C)C)NC(=O)OCc1ccccc1)C(=O)O. The first-order valence-corrected chi connectivity index (χ1v) is 14.7. The molecule has 2 N–H and O–H groups in total. The van der Waals surface area contributed by atoms with E-state index < -0.39 is 26.4 Å². The van der Waals surface area contributed by atoms with Crippen molar-refractivity contribution in [2.24, 2.45) is 0 Å². The van der Waals surface area contributed by atoms with Gasteiger partial charge in [-0.1, -0.05) is 118 Å². The number of alkyl carbamates (subject to hydrolysis) is 1. The Bertz CT molecular complexity index is 1170. The van der Waals surface area contributed by atoms with Gasteiger partial charge in [0.25, 0.3) is 8.32 Å². The van der Waals surface area contributed by atoms with Gasteiger partial charge in [0.1, 0.15) is 6.61 Å². The number of hydrogen-bond donors (Lipinski definition) is 2. The molecule has 0 aliphatic rings. The van der Waals surface area contributed by atoms with Crippen molar-refractivity contribution in [3.05, 3.63) is 108 Å². The number of rotatable bonds is 11. The molecule has 3 aromatic rings. The normalized spacial score (nSPS) is 13.0. The molecule has 0 aromatic heterocycles. The lowest BCUT2D eigenvalue weighted by Crippen LogP contribution is -2.67. The lowest BCUT2D eigenvalue weighted by molar-refractivity contribution is -0.132. The maximum Gasteiger partial charge on any atom is 0.407 e. The van der Waals surface area contributed by atoms with Crippen LogP contribution in [0.3, 0.4) is 0 Å². The molecule has 1 amide bonds. The molecule has 0 unspecified atom stereocenters. The maximum atomic E-state index is 12.8. The van der Waals surface area contributed by atoms with E-state index in [0.29, 0.717) is 0 Å². The summed E-state index contributed by atoms with van der Waals surface area (Å²) < 4.78 is 12.4. The van der Waals surface area contributed by atoms with Crippen molar-refractivity contribution in [2.45, 2.75) is 51.8 Å². The number of carboxylic acids is 1. The minimum absolute atomic E-state index is 0.138. The fourth-order valence-corrected chi connectivity index (χ4v) is 9.10.